The smallest absolute Gasteiger partial charge is 0.240 e. The van der Waals surface area contributed by atoms with Gasteiger partial charge < -0.3 is 18.9 Å². The van der Waals surface area contributed by atoms with Crippen LogP contribution in [0.4, 0.5) is 0 Å². The lowest BCUT2D eigenvalue weighted by atomic mass is 10.1. The van der Waals surface area contributed by atoms with Crippen molar-refractivity contribution in [1.82, 2.24) is 0 Å². The lowest BCUT2D eigenvalue weighted by Crippen LogP contribution is -2.24. The molecule has 0 saturated carbocycles. The van der Waals surface area contributed by atoms with E-state index in [0.717, 1.165) is 23.7 Å². The standard InChI is InChI=1S/C32H30O6/c1-3-31(35-27-14-10-23(21-33)11-15-27)37-29-18-26(25-8-6-5-7-9-25)19-30(20-29)38-32(4-2)36-28-16-12-24(22-34)13-17-28/h5-22,31-32H,3-4H2,1-2H3. The van der Waals surface area contributed by atoms with Gasteiger partial charge in [0.25, 0.3) is 0 Å². The topological polar surface area (TPSA) is 71.1 Å². The van der Waals surface area contributed by atoms with E-state index < -0.39 is 12.6 Å². The van der Waals surface area contributed by atoms with Gasteiger partial charge in [-0.2, -0.15) is 0 Å². The Bertz CT molecular complexity index is 1230. The molecule has 6 heteroatoms. The Labute approximate surface area is 222 Å². The van der Waals surface area contributed by atoms with Gasteiger partial charge in [0.1, 0.15) is 35.6 Å². The third-order valence-corrected chi connectivity index (χ3v) is 5.76. The molecule has 194 valence electrons. The van der Waals surface area contributed by atoms with Crippen molar-refractivity contribution in [2.45, 2.75) is 39.3 Å². The van der Waals surface area contributed by atoms with Crippen LogP contribution in [0.3, 0.4) is 0 Å². The monoisotopic (exact) mass is 510 g/mol. The zero-order chi connectivity index (χ0) is 26.7. The zero-order valence-corrected chi connectivity index (χ0v) is 21.4. The van der Waals surface area contributed by atoms with Gasteiger partial charge in [0.15, 0.2) is 0 Å². The Kier molecular flexibility index (Phi) is 9.13. The van der Waals surface area contributed by atoms with E-state index in [1.165, 1.54) is 0 Å². The first-order valence-corrected chi connectivity index (χ1v) is 12.6. The largest absolute Gasteiger partial charge is 0.455 e. The Hall–Kier alpha value is -4.58. The summed E-state index contributed by atoms with van der Waals surface area (Å²) in [6, 6.07) is 29.5. The van der Waals surface area contributed by atoms with E-state index >= 15 is 0 Å². The summed E-state index contributed by atoms with van der Waals surface area (Å²) in [6.07, 6.45) is 1.68. The lowest BCUT2D eigenvalue weighted by Gasteiger charge is -2.22. The molecule has 0 heterocycles. The Morgan fingerprint density at radius 2 is 0.947 bits per heavy atom. The van der Waals surface area contributed by atoms with Crippen LogP contribution in [0.1, 0.15) is 47.4 Å². The average molecular weight is 511 g/mol. The van der Waals surface area contributed by atoms with Crippen molar-refractivity contribution >= 4 is 12.6 Å². The highest BCUT2D eigenvalue weighted by Crippen LogP contribution is 2.32. The first-order chi connectivity index (χ1) is 18.6. The number of hydrogen-bond donors (Lipinski definition) is 0. The SMILES string of the molecule is CCC(Oc1ccc(C=O)cc1)Oc1cc(OC(CC)Oc2ccc(C=O)cc2)cc(-c2ccccc2)c1. The van der Waals surface area contributed by atoms with Crippen LogP contribution < -0.4 is 18.9 Å². The van der Waals surface area contributed by atoms with Gasteiger partial charge in [-0.1, -0.05) is 44.2 Å². The molecule has 0 aliphatic carbocycles. The van der Waals surface area contributed by atoms with E-state index in [2.05, 4.69) is 0 Å². The highest BCUT2D eigenvalue weighted by atomic mass is 16.7. The van der Waals surface area contributed by atoms with Gasteiger partial charge in [-0.15, -0.1) is 0 Å². The van der Waals surface area contributed by atoms with Gasteiger partial charge in [-0.3, -0.25) is 9.59 Å². The number of hydrogen-bond acceptors (Lipinski definition) is 6. The van der Waals surface area contributed by atoms with Gasteiger partial charge in [0.05, 0.1) is 0 Å². The fourth-order valence-electron chi connectivity index (χ4n) is 3.74. The number of ether oxygens (including phenoxy) is 4. The second kappa shape index (κ2) is 13.1. The minimum absolute atomic E-state index is 0.550. The summed E-state index contributed by atoms with van der Waals surface area (Å²) >= 11 is 0. The van der Waals surface area contributed by atoms with Crippen LogP contribution in [-0.4, -0.2) is 25.2 Å². The summed E-state index contributed by atoms with van der Waals surface area (Å²) in [5.41, 5.74) is 3.10. The van der Waals surface area contributed by atoms with Gasteiger partial charge in [-0.05, 0) is 71.8 Å². The third-order valence-electron chi connectivity index (χ3n) is 5.76. The van der Waals surface area contributed by atoms with Gasteiger partial charge >= 0.3 is 0 Å². The molecule has 0 radical (unpaired) electrons. The third kappa shape index (κ3) is 7.23. The van der Waals surface area contributed by atoms with E-state index in [4.69, 9.17) is 18.9 Å². The van der Waals surface area contributed by atoms with Crippen molar-refractivity contribution in [3.63, 3.8) is 0 Å². The molecule has 0 fully saturated rings. The molecular formula is C32H30O6. The normalized spacial score (nSPS) is 12.2. The lowest BCUT2D eigenvalue weighted by molar-refractivity contribution is -0.00190. The van der Waals surface area contributed by atoms with Crippen molar-refractivity contribution in [1.29, 1.82) is 0 Å². The van der Waals surface area contributed by atoms with Crippen LogP contribution in [0.2, 0.25) is 0 Å². The van der Waals surface area contributed by atoms with Crippen molar-refractivity contribution in [3.8, 4) is 34.1 Å². The molecular weight excluding hydrogens is 480 g/mol. The second-order valence-electron chi connectivity index (χ2n) is 8.58. The number of benzene rings is 4. The number of carbonyl (C=O) groups is 2. The predicted octanol–water partition coefficient (Wildman–Crippen LogP) is 7.37. The van der Waals surface area contributed by atoms with Crippen molar-refractivity contribution in [2.24, 2.45) is 0 Å². The van der Waals surface area contributed by atoms with E-state index in [0.29, 0.717) is 47.0 Å². The van der Waals surface area contributed by atoms with E-state index in [9.17, 15) is 9.59 Å². The van der Waals surface area contributed by atoms with Crippen LogP contribution in [0, 0.1) is 0 Å². The first-order valence-electron chi connectivity index (χ1n) is 12.6. The molecule has 0 spiro atoms. The van der Waals surface area contributed by atoms with Crippen LogP contribution in [0.25, 0.3) is 11.1 Å². The summed E-state index contributed by atoms with van der Waals surface area (Å²) in [7, 11) is 0. The van der Waals surface area contributed by atoms with Crippen molar-refractivity contribution < 1.29 is 28.5 Å². The molecule has 2 unspecified atom stereocenters. The maximum Gasteiger partial charge on any atom is 0.240 e. The summed E-state index contributed by atoms with van der Waals surface area (Å²) in [5.74, 6) is 2.39. The Morgan fingerprint density at radius 1 is 0.526 bits per heavy atom. The molecule has 0 saturated heterocycles. The molecule has 4 rings (SSSR count). The van der Waals surface area contributed by atoms with Crippen LogP contribution in [0.15, 0.2) is 97.1 Å². The number of aldehydes is 2. The minimum Gasteiger partial charge on any atom is -0.455 e. The fraction of sp³-hybridized carbons (Fsp3) is 0.188. The fourth-order valence-corrected chi connectivity index (χ4v) is 3.74. The van der Waals surface area contributed by atoms with Crippen LogP contribution in [-0.2, 0) is 0 Å². The first kappa shape index (κ1) is 26.5. The highest BCUT2D eigenvalue weighted by Gasteiger charge is 2.16. The molecule has 6 nitrogen and oxygen atoms in total. The van der Waals surface area contributed by atoms with Gasteiger partial charge in [-0.25, -0.2) is 0 Å². The summed E-state index contributed by atoms with van der Waals surface area (Å²) < 4.78 is 24.5. The van der Waals surface area contributed by atoms with E-state index in [1.54, 1.807) is 48.5 Å². The van der Waals surface area contributed by atoms with Gasteiger partial charge in [0.2, 0.25) is 12.6 Å². The molecule has 0 bridgehead atoms. The van der Waals surface area contributed by atoms with Gasteiger partial charge in [0, 0.05) is 30.0 Å². The minimum atomic E-state index is -0.550. The van der Waals surface area contributed by atoms with E-state index in [-0.39, 0.29) is 0 Å². The average Bonchev–Trinajstić information content (AvgIpc) is 2.97. The summed E-state index contributed by atoms with van der Waals surface area (Å²) in [4.78, 5) is 21.9. The molecule has 2 atom stereocenters. The number of carbonyl (C=O) groups excluding carboxylic acids is 2. The van der Waals surface area contributed by atoms with Crippen molar-refractivity contribution in [3.05, 3.63) is 108 Å². The molecule has 0 aliphatic rings. The predicted molar refractivity (Wildman–Crippen MR) is 146 cm³/mol. The van der Waals surface area contributed by atoms with Crippen LogP contribution in [0.5, 0.6) is 23.0 Å². The molecule has 0 amide bonds. The molecule has 0 aromatic heterocycles. The maximum atomic E-state index is 10.9. The quantitative estimate of drug-likeness (QED) is 0.138. The van der Waals surface area contributed by atoms with E-state index in [1.807, 2.05) is 62.4 Å². The summed E-state index contributed by atoms with van der Waals surface area (Å²) in [5, 5.41) is 0. The highest BCUT2D eigenvalue weighted by molar-refractivity contribution is 5.75. The Morgan fingerprint density at radius 3 is 1.34 bits per heavy atom. The second-order valence-corrected chi connectivity index (χ2v) is 8.58. The molecule has 4 aromatic rings. The zero-order valence-electron chi connectivity index (χ0n) is 21.4. The molecule has 4 aromatic carbocycles. The maximum absolute atomic E-state index is 10.9. The summed E-state index contributed by atoms with van der Waals surface area (Å²) in [6.45, 7) is 3.94. The molecule has 38 heavy (non-hydrogen) atoms. The van der Waals surface area contributed by atoms with Crippen LogP contribution >= 0.6 is 0 Å². The molecule has 0 aliphatic heterocycles. The molecule has 0 N–H and O–H groups in total. The number of rotatable bonds is 13. The van der Waals surface area contributed by atoms with Crippen molar-refractivity contribution in [2.75, 3.05) is 0 Å². The Balaban J connectivity index is 1.56.